The van der Waals surface area contributed by atoms with Gasteiger partial charge < -0.3 is 4.90 Å². The van der Waals surface area contributed by atoms with Crippen LogP contribution >= 0.6 is 15.9 Å². The Hall–Kier alpha value is -2.19. The lowest BCUT2D eigenvalue weighted by molar-refractivity contribution is 0.0993. The highest BCUT2D eigenvalue weighted by Crippen LogP contribution is 2.22. The first-order valence-electron chi connectivity index (χ1n) is 5.77. The number of rotatable bonds is 2. The van der Waals surface area contributed by atoms with Crippen molar-refractivity contribution < 1.29 is 9.18 Å². The molecule has 1 amide bonds. The summed E-state index contributed by atoms with van der Waals surface area (Å²) < 4.78 is 13.4. The van der Waals surface area contributed by atoms with Crippen LogP contribution in [0.3, 0.4) is 0 Å². The van der Waals surface area contributed by atoms with E-state index in [2.05, 4.69) is 15.9 Å². The number of carbonyl (C=O) groups is 1. The summed E-state index contributed by atoms with van der Waals surface area (Å²) in [6.45, 7) is 0. The third-order valence-corrected chi connectivity index (χ3v) is 3.46. The van der Waals surface area contributed by atoms with Gasteiger partial charge in [-0.25, -0.2) is 4.39 Å². The van der Waals surface area contributed by atoms with Crippen LogP contribution in [0.2, 0.25) is 0 Å². The van der Waals surface area contributed by atoms with Crippen molar-refractivity contribution >= 4 is 27.5 Å². The molecule has 0 aromatic heterocycles. The van der Waals surface area contributed by atoms with E-state index in [4.69, 9.17) is 5.26 Å². The quantitative estimate of drug-likeness (QED) is 0.840. The molecule has 0 saturated heterocycles. The zero-order valence-electron chi connectivity index (χ0n) is 10.6. The molecule has 3 nitrogen and oxygen atoms in total. The van der Waals surface area contributed by atoms with E-state index in [-0.39, 0.29) is 10.4 Å². The molecule has 0 spiro atoms. The van der Waals surface area contributed by atoms with Crippen LogP contribution in [-0.2, 0) is 0 Å². The maximum atomic E-state index is 13.2. The van der Waals surface area contributed by atoms with Crippen molar-refractivity contribution in [1.29, 1.82) is 5.26 Å². The van der Waals surface area contributed by atoms with E-state index < -0.39 is 5.82 Å². The number of carbonyl (C=O) groups excluding carboxylic acids is 1. The molecule has 0 aliphatic heterocycles. The number of amides is 1. The standard InChI is InChI=1S/C15H10BrFN2O/c1-19(14-5-3-2-4-11(14)9-18)15(20)10-6-7-13(17)12(16)8-10/h2-8H,1H3. The fraction of sp³-hybridized carbons (Fsp3) is 0.0667. The first kappa shape index (κ1) is 14.2. The first-order valence-corrected chi connectivity index (χ1v) is 6.56. The monoisotopic (exact) mass is 332 g/mol. The molecule has 0 N–H and O–H groups in total. The van der Waals surface area contributed by atoms with E-state index in [0.717, 1.165) is 0 Å². The van der Waals surface area contributed by atoms with E-state index in [1.54, 1.807) is 31.3 Å². The minimum atomic E-state index is -0.429. The van der Waals surface area contributed by atoms with Gasteiger partial charge in [0, 0.05) is 12.6 Å². The highest BCUT2D eigenvalue weighted by molar-refractivity contribution is 9.10. The Morgan fingerprint density at radius 1 is 1.30 bits per heavy atom. The minimum Gasteiger partial charge on any atom is -0.310 e. The maximum absolute atomic E-state index is 13.2. The Kier molecular flexibility index (Phi) is 4.16. The topological polar surface area (TPSA) is 44.1 Å². The molecule has 5 heteroatoms. The van der Waals surface area contributed by atoms with E-state index in [1.807, 2.05) is 6.07 Å². The van der Waals surface area contributed by atoms with Crippen molar-refractivity contribution in [1.82, 2.24) is 0 Å². The lowest BCUT2D eigenvalue weighted by atomic mass is 10.1. The predicted octanol–water partition coefficient (Wildman–Crippen LogP) is 3.74. The van der Waals surface area contributed by atoms with Gasteiger partial charge >= 0.3 is 0 Å². The maximum Gasteiger partial charge on any atom is 0.258 e. The number of benzene rings is 2. The van der Waals surface area contributed by atoms with E-state index >= 15 is 0 Å². The van der Waals surface area contributed by atoms with Crippen molar-refractivity contribution in [3.8, 4) is 6.07 Å². The summed E-state index contributed by atoms with van der Waals surface area (Å²) in [4.78, 5) is 13.7. The molecule has 20 heavy (non-hydrogen) atoms. The molecule has 0 bridgehead atoms. The zero-order valence-corrected chi connectivity index (χ0v) is 12.2. The van der Waals surface area contributed by atoms with Gasteiger partial charge in [0.2, 0.25) is 0 Å². The number of hydrogen-bond acceptors (Lipinski definition) is 2. The summed E-state index contributed by atoms with van der Waals surface area (Å²) in [5.41, 5.74) is 1.26. The van der Waals surface area contributed by atoms with Crippen LogP contribution < -0.4 is 4.90 Å². The van der Waals surface area contributed by atoms with Crippen molar-refractivity contribution in [2.75, 3.05) is 11.9 Å². The summed E-state index contributed by atoms with van der Waals surface area (Å²) in [6.07, 6.45) is 0. The summed E-state index contributed by atoms with van der Waals surface area (Å²) in [5.74, 6) is -0.741. The first-order chi connectivity index (χ1) is 9.54. The second kappa shape index (κ2) is 5.85. The summed E-state index contributed by atoms with van der Waals surface area (Å²) >= 11 is 3.05. The van der Waals surface area contributed by atoms with Gasteiger partial charge in [0.05, 0.1) is 15.7 Å². The van der Waals surface area contributed by atoms with Crippen LogP contribution in [-0.4, -0.2) is 13.0 Å². The molecule has 0 aliphatic carbocycles. The molecule has 2 rings (SSSR count). The lowest BCUT2D eigenvalue weighted by Gasteiger charge is -2.18. The van der Waals surface area contributed by atoms with Gasteiger partial charge in [-0.05, 0) is 46.3 Å². The summed E-state index contributed by atoms with van der Waals surface area (Å²) in [5, 5.41) is 9.06. The third-order valence-electron chi connectivity index (χ3n) is 2.86. The number of para-hydroxylation sites is 1. The molecule has 0 radical (unpaired) electrons. The number of hydrogen-bond donors (Lipinski definition) is 0. The van der Waals surface area contributed by atoms with E-state index in [1.165, 1.54) is 23.1 Å². The number of halogens is 2. The van der Waals surface area contributed by atoms with Gasteiger partial charge in [0.15, 0.2) is 0 Å². The van der Waals surface area contributed by atoms with Gasteiger partial charge in [-0.2, -0.15) is 5.26 Å². The van der Waals surface area contributed by atoms with Crippen LogP contribution in [0.1, 0.15) is 15.9 Å². The number of anilines is 1. The average Bonchev–Trinajstić information content (AvgIpc) is 2.48. The Labute approximate surface area is 124 Å². The van der Waals surface area contributed by atoms with E-state index in [0.29, 0.717) is 16.8 Å². The van der Waals surface area contributed by atoms with Crippen LogP contribution in [0.4, 0.5) is 10.1 Å². The second-order valence-corrected chi connectivity index (χ2v) is 4.98. The average molecular weight is 333 g/mol. The molecule has 100 valence electrons. The SMILES string of the molecule is CN(C(=O)c1ccc(F)c(Br)c1)c1ccccc1C#N. The van der Waals surface area contributed by atoms with Crippen LogP contribution in [0.25, 0.3) is 0 Å². The van der Waals surface area contributed by atoms with Crippen molar-refractivity contribution in [3.63, 3.8) is 0 Å². The third kappa shape index (κ3) is 2.70. The highest BCUT2D eigenvalue weighted by atomic mass is 79.9. The molecular formula is C15H10BrFN2O. The molecule has 0 heterocycles. The molecule has 0 saturated carbocycles. The fourth-order valence-electron chi connectivity index (χ4n) is 1.79. The van der Waals surface area contributed by atoms with Gasteiger partial charge in [0.1, 0.15) is 11.9 Å². The van der Waals surface area contributed by atoms with E-state index in [9.17, 15) is 9.18 Å². The molecule has 2 aromatic rings. The second-order valence-electron chi connectivity index (χ2n) is 4.12. The molecular weight excluding hydrogens is 323 g/mol. The Balaban J connectivity index is 2.38. The number of nitriles is 1. The van der Waals surface area contributed by atoms with Crippen LogP contribution in [0.5, 0.6) is 0 Å². The number of nitrogens with zero attached hydrogens (tertiary/aromatic N) is 2. The molecule has 2 aromatic carbocycles. The van der Waals surface area contributed by atoms with Crippen molar-refractivity contribution in [2.45, 2.75) is 0 Å². The van der Waals surface area contributed by atoms with Crippen LogP contribution in [0, 0.1) is 17.1 Å². The van der Waals surface area contributed by atoms with Gasteiger partial charge in [0.25, 0.3) is 5.91 Å². The fourth-order valence-corrected chi connectivity index (χ4v) is 2.17. The highest BCUT2D eigenvalue weighted by Gasteiger charge is 2.17. The summed E-state index contributed by atoms with van der Waals surface area (Å²) in [7, 11) is 1.58. The van der Waals surface area contributed by atoms with Gasteiger partial charge in [-0.15, -0.1) is 0 Å². The Morgan fingerprint density at radius 2 is 2.00 bits per heavy atom. The molecule has 0 atom stereocenters. The van der Waals surface area contributed by atoms with Gasteiger partial charge in [-0.3, -0.25) is 4.79 Å². The normalized spacial score (nSPS) is 9.90. The van der Waals surface area contributed by atoms with Crippen molar-refractivity contribution in [3.05, 3.63) is 63.9 Å². The van der Waals surface area contributed by atoms with Gasteiger partial charge in [-0.1, -0.05) is 12.1 Å². The van der Waals surface area contributed by atoms with Crippen LogP contribution in [0.15, 0.2) is 46.9 Å². The lowest BCUT2D eigenvalue weighted by Crippen LogP contribution is -2.27. The predicted molar refractivity (Wildman–Crippen MR) is 78.0 cm³/mol. The summed E-state index contributed by atoms with van der Waals surface area (Å²) in [6, 6.07) is 12.9. The largest absolute Gasteiger partial charge is 0.310 e. The molecule has 0 unspecified atom stereocenters. The minimum absolute atomic E-state index is 0.227. The Bertz CT molecular complexity index is 709. The zero-order chi connectivity index (χ0) is 14.7. The smallest absolute Gasteiger partial charge is 0.258 e. The molecule has 0 fully saturated rings. The van der Waals surface area contributed by atoms with Crippen molar-refractivity contribution in [2.24, 2.45) is 0 Å². The molecule has 0 aliphatic rings. The Morgan fingerprint density at radius 3 is 2.65 bits per heavy atom.